The molecule has 0 aromatic heterocycles. The Balaban J connectivity index is 3.33. The van der Waals surface area contributed by atoms with Gasteiger partial charge in [-0.05, 0) is 57.4 Å². The van der Waals surface area contributed by atoms with E-state index in [1.807, 2.05) is 40.7 Å². The van der Waals surface area contributed by atoms with E-state index in [1.165, 1.54) is 4.31 Å². The Morgan fingerprint density at radius 1 is 1.20 bits per heavy atom. The number of benzene rings is 1. The van der Waals surface area contributed by atoms with Crippen LogP contribution in [0.2, 0.25) is 0 Å². The summed E-state index contributed by atoms with van der Waals surface area (Å²) in [4.78, 5) is 0.343. The lowest BCUT2D eigenvalue weighted by atomic mass is 10.1. The molecule has 114 valence electrons. The van der Waals surface area contributed by atoms with E-state index in [4.69, 9.17) is 5.73 Å². The van der Waals surface area contributed by atoms with E-state index in [0.29, 0.717) is 11.4 Å². The molecular weight excluding hydrogens is 272 g/mol. The maximum absolute atomic E-state index is 12.9. The molecule has 0 saturated heterocycles. The minimum absolute atomic E-state index is 0.289. The fourth-order valence-electron chi connectivity index (χ4n) is 2.05. The van der Waals surface area contributed by atoms with Gasteiger partial charge in [0.05, 0.1) is 4.90 Å². The van der Waals surface area contributed by atoms with Crippen LogP contribution in [0.25, 0.3) is 0 Å². The van der Waals surface area contributed by atoms with Gasteiger partial charge in [0.15, 0.2) is 0 Å². The van der Waals surface area contributed by atoms with Crippen molar-refractivity contribution in [3.8, 4) is 0 Å². The van der Waals surface area contributed by atoms with Crippen LogP contribution in [0.1, 0.15) is 38.3 Å². The number of rotatable bonds is 6. The minimum Gasteiger partial charge on any atom is -0.329 e. The van der Waals surface area contributed by atoms with Crippen molar-refractivity contribution in [2.75, 3.05) is 13.1 Å². The van der Waals surface area contributed by atoms with Crippen LogP contribution in [0.4, 0.5) is 0 Å². The number of aryl methyl sites for hydroxylation is 2. The molecule has 0 fully saturated rings. The monoisotopic (exact) mass is 298 g/mol. The van der Waals surface area contributed by atoms with Gasteiger partial charge in [0.25, 0.3) is 0 Å². The third-order valence-corrected chi connectivity index (χ3v) is 5.77. The van der Waals surface area contributed by atoms with Crippen LogP contribution in [0.3, 0.4) is 0 Å². The van der Waals surface area contributed by atoms with Gasteiger partial charge in [-0.1, -0.05) is 13.0 Å². The first-order chi connectivity index (χ1) is 9.16. The number of hydrogen-bond acceptors (Lipinski definition) is 3. The van der Waals surface area contributed by atoms with Gasteiger partial charge in [-0.25, -0.2) is 8.42 Å². The summed E-state index contributed by atoms with van der Waals surface area (Å²) < 4.78 is 27.2. The summed E-state index contributed by atoms with van der Waals surface area (Å²) in [5.41, 5.74) is 7.24. The van der Waals surface area contributed by atoms with Crippen molar-refractivity contribution in [2.24, 2.45) is 5.73 Å². The van der Waals surface area contributed by atoms with Crippen LogP contribution in [0.15, 0.2) is 23.1 Å². The van der Waals surface area contributed by atoms with Crippen LogP contribution in [0.5, 0.6) is 0 Å². The lowest BCUT2D eigenvalue weighted by molar-refractivity contribution is 0.235. The van der Waals surface area contributed by atoms with Crippen molar-refractivity contribution >= 4 is 10.0 Å². The summed E-state index contributed by atoms with van der Waals surface area (Å²) in [7, 11) is -3.52. The molecule has 0 unspecified atom stereocenters. The van der Waals surface area contributed by atoms with Crippen molar-refractivity contribution in [3.63, 3.8) is 0 Å². The van der Waals surface area contributed by atoms with Crippen LogP contribution in [-0.4, -0.2) is 31.4 Å². The second-order valence-corrected chi connectivity index (χ2v) is 7.70. The molecule has 0 radical (unpaired) electrons. The zero-order valence-electron chi connectivity index (χ0n) is 13.1. The average molecular weight is 298 g/mol. The van der Waals surface area contributed by atoms with Crippen LogP contribution in [0, 0.1) is 13.8 Å². The maximum Gasteiger partial charge on any atom is 0.243 e. The van der Waals surface area contributed by atoms with Crippen LogP contribution in [-0.2, 0) is 10.0 Å². The molecule has 2 N–H and O–H groups in total. The lowest BCUT2D eigenvalue weighted by Crippen LogP contribution is -2.52. The van der Waals surface area contributed by atoms with E-state index in [1.54, 1.807) is 12.1 Å². The lowest BCUT2D eigenvalue weighted by Gasteiger charge is -2.36. The zero-order chi connectivity index (χ0) is 15.6. The molecule has 0 amide bonds. The van der Waals surface area contributed by atoms with E-state index in [9.17, 15) is 8.42 Å². The summed E-state index contributed by atoms with van der Waals surface area (Å²) in [6.45, 7) is 10.3. The van der Waals surface area contributed by atoms with E-state index < -0.39 is 15.6 Å². The van der Waals surface area contributed by atoms with Gasteiger partial charge in [0, 0.05) is 18.6 Å². The molecule has 1 aromatic carbocycles. The Bertz CT molecular complexity index is 565. The second kappa shape index (κ2) is 6.24. The van der Waals surface area contributed by atoms with Crippen molar-refractivity contribution in [1.29, 1.82) is 0 Å². The molecule has 20 heavy (non-hydrogen) atoms. The Labute approximate surface area is 123 Å². The smallest absolute Gasteiger partial charge is 0.243 e. The molecule has 0 aliphatic carbocycles. The molecular formula is C15H26N2O2S. The zero-order valence-corrected chi connectivity index (χ0v) is 13.9. The van der Waals surface area contributed by atoms with Gasteiger partial charge < -0.3 is 5.73 Å². The molecule has 0 atom stereocenters. The highest BCUT2D eigenvalue weighted by molar-refractivity contribution is 7.89. The van der Waals surface area contributed by atoms with Gasteiger partial charge in [-0.2, -0.15) is 4.31 Å². The van der Waals surface area contributed by atoms with Gasteiger partial charge in [0.2, 0.25) is 10.0 Å². The van der Waals surface area contributed by atoms with E-state index in [2.05, 4.69) is 0 Å². The van der Waals surface area contributed by atoms with Crippen LogP contribution < -0.4 is 5.73 Å². The van der Waals surface area contributed by atoms with E-state index >= 15 is 0 Å². The maximum atomic E-state index is 12.9. The number of nitrogens with zero attached hydrogens (tertiary/aromatic N) is 1. The topological polar surface area (TPSA) is 63.4 Å². The standard InChI is InChI=1S/C15H26N2O2S/c1-6-9-17(15(4,5)11-16)20(18,19)14-8-7-12(2)13(3)10-14/h7-8,10H,6,9,11,16H2,1-5H3. The summed E-state index contributed by atoms with van der Waals surface area (Å²) >= 11 is 0. The summed E-state index contributed by atoms with van der Waals surface area (Å²) in [5.74, 6) is 0. The summed E-state index contributed by atoms with van der Waals surface area (Å²) in [6.07, 6.45) is 0.757. The molecule has 4 nitrogen and oxygen atoms in total. The van der Waals surface area contributed by atoms with Crippen LogP contribution >= 0.6 is 0 Å². The molecule has 1 aromatic rings. The van der Waals surface area contributed by atoms with Crippen molar-refractivity contribution in [2.45, 2.75) is 51.5 Å². The molecule has 1 rings (SSSR count). The fraction of sp³-hybridized carbons (Fsp3) is 0.600. The van der Waals surface area contributed by atoms with Gasteiger partial charge in [-0.15, -0.1) is 0 Å². The number of sulfonamides is 1. The molecule has 0 heterocycles. The highest BCUT2D eigenvalue weighted by Crippen LogP contribution is 2.25. The van der Waals surface area contributed by atoms with Crippen molar-refractivity contribution in [3.05, 3.63) is 29.3 Å². The number of nitrogens with two attached hydrogens (primary N) is 1. The average Bonchev–Trinajstić information content (AvgIpc) is 2.38. The minimum atomic E-state index is -3.52. The predicted octanol–water partition coefficient (Wildman–Crippen LogP) is 2.44. The molecule has 5 heteroatoms. The normalized spacial score (nSPS) is 12.9. The highest BCUT2D eigenvalue weighted by atomic mass is 32.2. The predicted molar refractivity (Wildman–Crippen MR) is 83.2 cm³/mol. The van der Waals surface area contributed by atoms with Gasteiger partial charge in [-0.3, -0.25) is 0 Å². The van der Waals surface area contributed by atoms with E-state index in [0.717, 1.165) is 17.5 Å². The first kappa shape index (κ1) is 17.1. The SMILES string of the molecule is CCCN(C(C)(C)CN)S(=O)(=O)c1ccc(C)c(C)c1. The molecule has 0 spiro atoms. The Kier molecular flexibility index (Phi) is 5.35. The quantitative estimate of drug-likeness (QED) is 0.877. The largest absolute Gasteiger partial charge is 0.329 e. The van der Waals surface area contributed by atoms with Gasteiger partial charge >= 0.3 is 0 Å². The van der Waals surface area contributed by atoms with Gasteiger partial charge in [0.1, 0.15) is 0 Å². The first-order valence-electron chi connectivity index (χ1n) is 6.97. The highest BCUT2D eigenvalue weighted by Gasteiger charge is 2.35. The molecule has 0 aliphatic rings. The summed E-state index contributed by atoms with van der Waals surface area (Å²) in [5, 5.41) is 0. The van der Waals surface area contributed by atoms with Crippen molar-refractivity contribution in [1.82, 2.24) is 4.31 Å². The third kappa shape index (κ3) is 3.40. The Hall–Kier alpha value is -0.910. The third-order valence-electron chi connectivity index (χ3n) is 3.67. The molecule has 0 aliphatic heterocycles. The molecule has 0 bridgehead atoms. The first-order valence-corrected chi connectivity index (χ1v) is 8.41. The fourth-order valence-corrected chi connectivity index (χ4v) is 4.02. The number of hydrogen-bond donors (Lipinski definition) is 1. The second-order valence-electron chi connectivity index (χ2n) is 5.84. The van der Waals surface area contributed by atoms with Crippen molar-refractivity contribution < 1.29 is 8.42 Å². The van der Waals surface area contributed by atoms with E-state index in [-0.39, 0.29) is 6.54 Å². The summed E-state index contributed by atoms with van der Waals surface area (Å²) in [6, 6.07) is 5.26. The Morgan fingerprint density at radius 3 is 2.25 bits per heavy atom. The molecule has 0 saturated carbocycles. The Morgan fingerprint density at radius 2 is 1.80 bits per heavy atom.